The van der Waals surface area contributed by atoms with E-state index < -0.39 is 0 Å². The van der Waals surface area contributed by atoms with Gasteiger partial charge in [0.1, 0.15) is 5.60 Å². The Morgan fingerprint density at radius 1 is 1.40 bits per heavy atom. The van der Waals surface area contributed by atoms with Gasteiger partial charge in [0.25, 0.3) is 0 Å². The van der Waals surface area contributed by atoms with Crippen molar-refractivity contribution in [3.8, 4) is 0 Å². The number of unbranched alkanes of at least 4 members (excludes halogenated alkanes) is 4. The number of rotatable bonds is 8. The predicted molar refractivity (Wildman–Crippen MR) is 62.9 cm³/mol. The highest BCUT2D eigenvalue weighted by atomic mass is 16.5. The molecule has 1 rings (SSSR count). The molecule has 2 heteroatoms. The number of hydrogen-bond donors (Lipinski definition) is 1. The molecule has 0 bridgehead atoms. The van der Waals surface area contributed by atoms with Crippen LogP contribution in [0.25, 0.3) is 0 Å². The van der Waals surface area contributed by atoms with Crippen LogP contribution < -0.4 is 0 Å². The van der Waals surface area contributed by atoms with Crippen LogP contribution in [0, 0.1) is 0 Å². The Morgan fingerprint density at radius 3 is 2.47 bits per heavy atom. The van der Waals surface area contributed by atoms with Crippen LogP contribution in [-0.4, -0.2) is 23.9 Å². The van der Waals surface area contributed by atoms with E-state index in [0.717, 1.165) is 24.8 Å². The van der Waals surface area contributed by atoms with Gasteiger partial charge in [0.15, 0.2) is 0 Å². The lowest BCUT2D eigenvalue weighted by Gasteiger charge is -2.20. The number of hydrogen-bond acceptors (Lipinski definition) is 2. The van der Waals surface area contributed by atoms with Gasteiger partial charge in [-0.3, -0.25) is 0 Å². The Kier molecular flexibility index (Phi) is 4.81. The number of ether oxygens (including phenoxy) is 1. The van der Waals surface area contributed by atoms with Gasteiger partial charge in [-0.05, 0) is 12.0 Å². The Morgan fingerprint density at radius 2 is 2.00 bits per heavy atom. The first-order chi connectivity index (χ1) is 7.17. The average Bonchev–Trinajstić information content (AvgIpc) is 2.90. The average molecular weight is 212 g/mol. The topological polar surface area (TPSA) is 29.5 Å². The van der Waals surface area contributed by atoms with Crippen LogP contribution in [0.4, 0.5) is 0 Å². The van der Waals surface area contributed by atoms with Gasteiger partial charge < -0.3 is 9.84 Å². The number of aliphatic hydroxyl groups is 1. The summed E-state index contributed by atoms with van der Waals surface area (Å²) >= 11 is 0. The number of methoxy groups -OCH3 is 1. The van der Waals surface area contributed by atoms with E-state index in [0.29, 0.717) is 0 Å². The molecule has 0 amide bonds. The highest BCUT2D eigenvalue weighted by molar-refractivity contribution is 5.35. The Balaban J connectivity index is 2.13. The molecule has 88 valence electrons. The summed E-state index contributed by atoms with van der Waals surface area (Å²) in [5.74, 6) is 0. The molecule has 1 aliphatic carbocycles. The fourth-order valence-electron chi connectivity index (χ4n) is 2.15. The molecule has 0 aromatic rings. The summed E-state index contributed by atoms with van der Waals surface area (Å²) in [6, 6.07) is 0. The van der Waals surface area contributed by atoms with Crippen molar-refractivity contribution in [1.82, 2.24) is 0 Å². The third-order valence-electron chi connectivity index (χ3n) is 3.43. The summed E-state index contributed by atoms with van der Waals surface area (Å²) in [6.45, 7) is 6.10. The van der Waals surface area contributed by atoms with Crippen LogP contribution in [0.1, 0.15) is 51.9 Å². The highest BCUT2D eigenvalue weighted by Crippen LogP contribution is 2.48. The van der Waals surface area contributed by atoms with Crippen molar-refractivity contribution in [2.24, 2.45) is 0 Å². The van der Waals surface area contributed by atoms with Crippen LogP contribution in [-0.2, 0) is 4.74 Å². The Bertz CT molecular complexity index is 213. The molecular formula is C13H24O2. The van der Waals surface area contributed by atoms with Crippen molar-refractivity contribution in [3.63, 3.8) is 0 Å². The second-order valence-electron chi connectivity index (χ2n) is 4.59. The van der Waals surface area contributed by atoms with Crippen molar-refractivity contribution >= 4 is 0 Å². The minimum atomic E-state index is -0.384. The molecule has 0 aromatic heterocycles. The van der Waals surface area contributed by atoms with Crippen molar-refractivity contribution in [3.05, 3.63) is 12.2 Å². The summed E-state index contributed by atoms with van der Waals surface area (Å²) < 4.78 is 5.35. The van der Waals surface area contributed by atoms with Gasteiger partial charge in [-0.2, -0.15) is 0 Å². The summed E-state index contributed by atoms with van der Waals surface area (Å²) in [7, 11) is 1.67. The van der Waals surface area contributed by atoms with Gasteiger partial charge in [0, 0.05) is 13.5 Å². The summed E-state index contributed by atoms with van der Waals surface area (Å²) in [5.41, 5.74) is 0.663. The minimum Gasteiger partial charge on any atom is -0.390 e. The first kappa shape index (κ1) is 12.7. The van der Waals surface area contributed by atoms with Crippen LogP contribution in [0.3, 0.4) is 0 Å². The lowest BCUT2D eigenvalue weighted by Crippen LogP contribution is -2.30. The standard InChI is InChI=1S/C13H24O2/c1-4-5-6-7-8-9-12(14)13(15-3)10-11(13)2/h12,14H,2,4-10H2,1,3H3/t12-,13-/m1/s1. The lowest BCUT2D eigenvalue weighted by atomic mass is 10.0. The first-order valence-electron chi connectivity index (χ1n) is 6.09. The summed E-state index contributed by atoms with van der Waals surface area (Å²) in [4.78, 5) is 0. The van der Waals surface area contributed by atoms with Crippen LogP contribution in [0.5, 0.6) is 0 Å². The van der Waals surface area contributed by atoms with E-state index in [1.54, 1.807) is 7.11 Å². The predicted octanol–water partition coefficient (Wildman–Crippen LogP) is 3.05. The van der Waals surface area contributed by atoms with E-state index in [-0.39, 0.29) is 11.7 Å². The lowest BCUT2D eigenvalue weighted by molar-refractivity contribution is -0.0269. The quantitative estimate of drug-likeness (QED) is 0.495. The molecule has 0 aliphatic heterocycles. The molecule has 0 spiro atoms. The minimum absolute atomic E-state index is 0.350. The number of aliphatic hydroxyl groups excluding tert-OH is 1. The fourth-order valence-corrected chi connectivity index (χ4v) is 2.15. The molecule has 0 unspecified atom stereocenters. The van der Waals surface area contributed by atoms with E-state index in [4.69, 9.17) is 4.74 Å². The van der Waals surface area contributed by atoms with Crippen LogP contribution in [0.2, 0.25) is 0 Å². The SMILES string of the molecule is C=C1C[C@]1(OC)[C@H](O)CCCCCCC. The van der Waals surface area contributed by atoms with Crippen molar-refractivity contribution in [1.29, 1.82) is 0 Å². The maximum atomic E-state index is 9.98. The van der Waals surface area contributed by atoms with Gasteiger partial charge in [0.2, 0.25) is 0 Å². The normalized spacial score (nSPS) is 26.7. The molecule has 1 aliphatic rings. The maximum absolute atomic E-state index is 9.98. The van der Waals surface area contributed by atoms with E-state index in [1.165, 1.54) is 25.7 Å². The third kappa shape index (κ3) is 3.05. The zero-order valence-electron chi connectivity index (χ0n) is 10.1. The highest BCUT2D eigenvalue weighted by Gasteiger charge is 2.53. The monoisotopic (exact) mass is 212 g/mol. The smallest absolute Gasteiger partial charge is 0.118 e. The molecule has 1 saturated carbocycles. The molecule has 0 aromatic carbocycles. The zero-order chi connectivity index (χ0) is 11.3. The van der Waals surface area contributed by atoms with E-state index >= 15 is 0 Å². The maximum Gasteiger partial charge on any atom is 0.118 e. The first-order valence-corrected chi connectivity index (χ1v) is 6.09. The largest absolute Gasteiger partial charge is 0.390 e. The van der Waals surface area contributed by atoms with Crippen molar-refractivity contribution < 1.29 is 9.84 Å². The molecule has 2 nitrogen and oxygen atoms in total. The third-order valence-corrected chi connectivity index (χ3v) is 3.43. The zero-order valence-corrected chi connectivity index (χ0v) is 10.1. The second kappa shape index (κ2) is 5.66. The fraction of sp³-hybridized carbons (Fsp3) is 0.846. The van der Waals surface area contributed by atoms with Gasteiger partial charge >= 0.3 is 0 Å². The van der Waals surface area contributed by atoms with Gasteiger partial charge in [-0.25, -0.2) is 0 Å². The molecule has 0 radical (unpaired) electrons. The summed E-state index contributed by atoms with van der Waals surface area (Å²) in [6.07, 6.45) is 7.49. The van der Waals surface area contributed by atoms with E-state index in [1.807, 2.05) is 0 Å². The molecule has 1 fully saturated rings. The van der Waals surface area contributed by atoms with E-state index in [2.05, 4.69) is 13.5 Å². The van der Waals surface area contributed by atoms with Crippen molar-refractivity contribution in [2.75, 3.05) is 7.11 Å². The molecule has 0 saturated heterocycles. The molecular weight excluding hydrogens is 188 g/mol. The Labute approximate surface area is 93.3 Å². The Hall–Kier alpha value is -0.340. The summed E-state index contributed by atoms with van der Waals surface area (Å²) in [5, 5.41) is 9.98. The van der Waals surface area contributed by atoms with Crippen LogP contribution in [0.15, 0.2) is 12.2 Å². The molecule has 1 N–H and O–H groups in total. The van der Waals surface area contributed by atoms with E-state index in [9.17, 15) is 5.11 Å². The molecule has 0 heterocycles. The van der Waals surface area contributed by atoms with Crippen LogP contribution >= 0.6 is 0 Å². The second-order valence-corrected chi connectivity index (χ2v) is 4.59. The van der Waals surface area contributed by atoms with Gasteiger partial charge in [-0.1, -0.05) is 45.6 Å². The molecule has 15 heavy (non-hydrogen) atoms. The molecule has 2 atom stereocenters. The van der Waals surface area contributed by atoms with Gasteiger partial charge in [0.05, 0.1) is 6.10 Å². The van der Waals surface area contributed by atoms with Crippen molar-refractivity contribution in [2.45, 2.75) is 63.6 Å². The van der Waals surface area contributed by atoms with Gasteiger partial charge in [-0.15, -0.1) is 0 Å².